The molecule has 1 spiro atoms. The van der Waals surface area contributed by atoms with E-state index in [1.54, 1.807) is 35.5 Å². The number of benzene rings is 4. The van der Waals surface area contributed by atoms with Crippen molar-refractivity contribution in [1.29, 1.82) is 5.26 Å². The number of carbonyl (C=O) groups excluding carboxylic acids is 3. The lowest BCUT2D eigenvalue weighted by molar-refractivity contribution is -0.228. The summed E-state index contributed by atoms with van der Waals surface area (Å²) in [4.78, 5) is 55.5. The summed E-state index contributed by atoms with van der Waals surface area (Å²) < 4.78 is 77.1. The molecule has 0 radical (unpaired) electrons. The normalized spacial score (nSPS) is 27.5. The fourth-order valence-electron chi connectivity index (χ4n) is 17.7. The molecular weight excluding hydrogens is 1260 g/mol. The summed E-state index contributed by atoms with van der Waals surface area (Å²) in [7, 11) is 10.2. The Balaban J connectivity index is 0.000000245. The zero-order chi connectivity index (χ0) is 70.8. The number of anilines is 1. The smallest absolute Gasteiger partial charge is 0.394 e. The second kappa shape index (κ2) is 29.2. The molecule has 11 rings (SSSR count). The summed E-state index contributed by atoms with van der Waals surface area (Å²) in [6, 6.07) is 25.5. The number of ether oxygens (including phenoxy) is 8. The van der Waals surface area contributed by atoms with Crippen LogP contribution in [0.5, 0.6) is 28.7 Å². The van der Waals surface area contributed by atoms with Gasteiger partial charge < -0.3 is 62.9 Å². The Labute approximate surface area is 570 Å². The van der Waals surface area contributed by atoms with Gasteiger partial charge in [0.2, 0.25) is 5.60 Å². The molecule has 1 aromatic heterocycles. The number of para-hydroxylation sites is 1. The number of H-pyrrole nitrogens is 1. The first-order valence-corrected chi connectivity index (χ1v) is 34.7. The van der Waals surface area contributed by atoms with Gasteiger partial charge in [0, 0.05) is 97.5 Å². The van der Waals surface area contributed by atoms with Gasteiger partial charge in [0.25, 0.3) is 0 Å². The highest BCUT2D eigenvalue weighted by atomic mass is 32.3. The van der Waals surface area contributed by atoms with Crippen molar-refractivity contribution in [2.45, 2.75) is 138 Å². The monoisotopic (exact) mass is 1360 g/mol. The van der Waals surface area contributed by atoms with Gasteiger partial charge >= 0.3 is 28.3 Å². The summed E-state index contributed by atoms with van der Waals surface area (Å²) in [6.07, 6.45) is 8.56. The van der Waals surface area contributed by atoms with Crippen molar-refractivity contribution in [1.82, 2.24) is 19.7 Å². The van der Waals surface area contributed by atoms with Crippen molar-refractivity contribution in [2.24, 2.45) is 17.3 Å². The number of fused-ring (bicyclic) bond motifs is 6. The van der Waals surface area contributed by atoms with Crippen molar-refractivity contribution < 1.29 is 80.0 Å². The van der Waals surface area contributed by atoms with Crippen LogP contribution < -0.4 is 28.6 Å². The average Bonchev–Trinajstić information content (AvgIpc) is 1.35. The third kappa shape index (κ3) is 13.3. The molecule has 24 heteroatoms. The largest absolute Gasteiger partial charge is 0.496 e. The zero-order valence-electron chi connectivity index (χ0n) is 58.5. The van der Waals surface area contributed by atoms with Gasteiger partial charge in [-0.2, -0.15) is 13.7 Å². The van der Waals surface area contributed by atoms with Gasteiger partial charge in [0.05, 0.1) is 72.9 Å². The van der Waals surface area contributed by atoms with Crippen LogP contribution in [0.25, 0.3) is 10.9 Å². The molecule has 2 saturated heterocycles. The Hall–Kier alpha value is -7.47. The second-order valence-corrected chi connectivity index (χ2v) is 28.2. The van der Waals surface area contributed by atoms with Crippen LogP contribution in [-0.4, -0.2) is 204 Å². The molecular formula is C73H98N6O17S. The Bertz CT molecular complexity index is 3890. The van der Waals surface area contributed by atoms with Crippen LogP contribution in [0.1, 0.15) is 113 Å². The van der Waals surface area contributed by atoms with Gasteiger partial charge in [0.1, 0.15) is 11.2 Å². The lowest BCUT2D eigenvalue weighted by Gasteiger charge is -2.63. The van der Waals surface area contributed by atoms with Gasteiger partial charge in [-0.15, -0.1) is 0 Å². The molecule has 1 aliphatic carbocycles. The number of likely N-dealkylation sites (N-methyl/N-ethyl adjacent to an activating group) is 2. The molecule has 5 aromatic rings. The van der Waals surface area contributed by atoms with Gasteiger partial charge in [-0.25, -0.2) is 4.79 Å². The minimum absolute atomic E-state index is 0.0986. The van der Waals surface area contributed by atoms with Crippen molar-refractivity contribution in [3.05, 3.63) is 118 Å². The number of esters is 3. The number of nitriles is 1. The fourth-order valence-corrected chi connectivity index (χ4v) is 17.7. The summed E-state index contributed by atoms with van der Waals surface area (Å²) in [5.74, 6) is 1.42. The standard InChI is InChI=1S/C46H58N4O9.C27H38N2O4.H2O4S/c1-8-42(54)23-28-24-45(40(52)57-6,36-30(15-19-49(25-28)26-42)29-13-10-11-14-33(29)47-36)32-21-31-34(22-35(32)56-5)48(4)38-44(31)17-20-50-18-12-16-43(9-2,37(44)50)39(59-27(3)51)46(38,55)41(53)58-7;1-20(2)27(19-28,22-10-12-24(31-5)26(18-22)33-7)14-8-15-29(3)16-13-21-9-11-23(30-4)25(17-21)32-6;1-5(2,3)4/h10-14,16,21-22,28,37-39,47,54-55H,8-9,15,17-20,23-26H2,1-7H3;9-12,17-18,20H,8,13-16H2,1-7H3;(H2,1,2,3,4)/t28?,37-,38+,39+,42-,43+,44+,45-,46-;;/m0../s1. The van der Waals surface area contributed by atoms with Crippen LogP contribution in [0.3, 0.4) is 0 Å². The molecule has 3 unspecified atom stereocenters. The molecule has 5 N–H and O–H groups in total. The highest BCUT2D eigenvalue weighted by molar-refractivity contribution is 7.79. The quantitative estimate of drug-likeness (QED) is 0.0211. The maximum atomic E-state index is 15.3. The van der Waals surface area contributed by atoms with E-state index in [-0.39, 0.29) is 17.9 Å². The number of hydrogen-bond donors (Lipinski definition) is 5. The molecule has 23 nitrogen and oxygen atoms in total. The minimum atomic E-state index is -4.67. The third-order valence-electron chi connectivity index (χ3n) is 22.0. The molecule has 3 fully saturated rings. The third-order valence-corrected chi connectivity index (χ3v) is 22.0. The summed E-state index contributed by atoms with van der Waals surface area (Å²) in [5, 5.41) is 36.6. The number of carbonyl (C=O) groups is 3. The number of hydrogen-bond acceptors (Lipinski definition) is 20. The summed E-state index contributed by atoms with van der Waals surface area (Å²) in [6.45, 7) is 14.7. The number of methoxy groups -OCH3 is 7. The van der Waals surface area contributed by atoms with Crippen LogP contribution in [0, 0.1) is 28.6 Å². The number of nitrogens with one attached hydrogen (secondary N) is 1. The average molecular weight is 1360 g/mol. The maximum Gasteiger partial charge on any atom is 0.394 e. The maximum absolute atomic E-state index is 15.3. The van der Waals surface area contributed by atoms with E-state index in [4.69, 9.17) is 55.4 Å². The molecule has 97 heavy (non-hydrogen) atoms. The molecule has 0 amide bonds. The number of rotatable bonds is 20. The van der Waals surface area contributed by atoms with Gasteiger partial charge in [-0.05, 0) is 148 Å². The van der Waals surface area contributed by atoms with E-state index >= 15 is 4.79 Å². The summed E-state index contributed by atoms with van der Waals surface area (Å²) >= 11 is 0. The summed E-state index contributed by atoms with van der Waals surface area (Å²) in [5.41, 5.74) is -0.0200. The highest BCUT2D eigenvalue weighted by Gasteiger charge is 2.80. The molecule has 5 aliphatic heterocycles. The van der Waals surface area contributed by atoms with E-state index in [0.29, 0.717) is 94.1 Å². The topological polar surface area (TPSA) is 293 Å². The van der Waals surface area contributed by atoms with Crippen LogP contribution in [0.2, 0.25) is 0 Å². The van der Waals surface area contributed by atoms with Crippen molar-refractivity contribution in [3.8, 4) is 34.8 Å². The van der Waals surface area contributed by atoms with Crippen LogP contribution in [0.15, 0.2) is 84.9 Å². The van der Waals surface area contributed by atoms with Gasteiger partial charge in [-0.3, -0.25) is 28.5 Å². The zero-order valence-corrected chi connectivity index (χ0v) is 59.3. The predicted molar refractivity (Wildman–Crippen MR) is 366 cm³/mol. The highest BCUT2D eigenvalue weighted by Crippen LogP contribution is 2.68. The minimum Gasteiger partial charge on any atom is -0.496 e. The van der Waals surface area contributed by atoms with Crippen molar-refractivity contribution in [3.63, 3.8) is 0 Å². The number of aromatic amines is 1. The number of piperidine rings is 1. The van der Waals surface area contributed by atoms with Gasteiger partial charge in [0.15, 0.2) is 29.1 Å². The SMILES string of the molecule is CC[C@]1(O)CC2CN(CCc3c([nH]c4ccccc34)[C@@](C(=O)OC)(c3cc4c(cc3OC)N(C)[C@H]3[C@@](O)(C(=O)OC)[C@H](OC(C)=O)[C@]5(CC)C=CCN6CC[C@]43[C@@H]65)C2)C1.COc1ccc(CCN(C)CCCC(C#N)(c2ccc(OC)c(OC)c2)C(C)C)cc1OC.O=S(=O)(O)O. The molecule has 6 heterocycles. The van der Waals surface area contributed by atoms with Crippen LogP contribution in [0.4, 0.5) is 5.69 Å². The first-order chi connectivity index (χ1) is 46.1. The molecule has 11 atom stereocenters. The van der Waals surface area contributed by atoms with E-state index in [0.717, 1.165) is 82.8 Å². The second-order valence-electron chi connectivity index (χ2n) is 27.3. The van der Waals surface area contributed by atoms with E-state index in [9.17, 15) is 25.1 Å². The first-order valence-electron chi connectivity index (χ1n) is 33.3. The van der Waals surface area contributed by atoms with E-state index < -0.39 is 73.3 Å². The van der Waals surface area contributed by atoms with Crippen molar-refractivity contribution in [2.75, 3.05) is 115 Å². The van der Waals surface area contributed by atoms with Crippen molar-refractivity contribution >= 4 is 44.9 Å². The Morgan fingerprint density at radius 1 is 0.804 bits per heavy atom. The Morgan fingerprint density at radius 3 is 2.06 bits per heavy atom. The van der Waals surface area contributed by atoms with E-state index in [1.807, 2.05) is 80.4 Å². The Kier molecular flexibility index (Phi) is 22.2. The molecule has 6 aliphatic rings. The van der Waals surface area contributed by atoms with Gasteiger partial charge in [-0.1, -0.05) is 70.2 Å². The lowest BCUT2D eigenvalue weighted by Crippen LogP contribution is -2.81. The van der Waals surface area contributed by atoms with E-state index in [1.165, 1.54) is 26.7 Å². The predicted octanol–water partition coefficient (Wildman–Crippen LogP) is 8.43. The molecule has 528 valence electrons. The fraction of sp³-hybridized carbons (Fsp3) is 0.562. The molecule has 1 saturated carbocycles. The molecule has 4 aromatic carbocycles. The van der Waals surface area contributed by atoms with E-state index in [2.05, 4.69) is 77.0 Å². The first kappa shape index (κ1) is 73.8. The number of aliphatic hydroxyl groups is 2. The number of aromatic nitrogens is 1. The number of nitrogens with zero attached hydrogens (tertiary/aromatic N) is 5. The van der Waals surface area contributed by atoms with Crippen LogP contribution in [-0.2, 0) is 68.1 Å². The Morgan fingerprint density at radius 2 is 1.45 bits per heavy atom. The lowest BCUT2D eigenvalue weighted by atomic mass is 9.47. The molecule has 2 bridgehead atoms. The van der Waals surface area contributed by atoms with Crippen LogP contribution >= 0.6 is 0 Å².